The van der Waals surface area contributed by atoms with Gasteiger partial charge in [0.15, 0.2) is 0 Å². The number of aryl methyl sites for hydroxylation is 2. The Morgan fingerprint density at radius 1 is 1.04 bits per heavy atom. The van der Waals surface area contributed by atoms with Gasteiger partial charge in [-0.15, -0.1) is 11.8 Å². The Kier molecular flexibility index (Phi) is 7.73. The summed E-state index contributed by atoms with van der Waals surface area (Å²) in [5.41, 5.74) is 4.54. The Morgan fingerprint density at radius 2 is 1.71 bits per heavy atom. The third kappa shape index (κ3) is 5.91. The van der Waals surface area contributed by atoms with Crippen molar-refractivity contribution in [1.29, 1.82) is 0 Å². The minimum Gasteiger partial charge on any atom is -0.326 e. The van der Waals surface area contributed by atoms with Crippen LogP contribution in [0.2, 0.25) is 0 Å². The third-order valence-corrected chi connectivity index (χ3v) is 5.72. The van der Waals surface area contributed by atoms with Gasteiger partial charge in [-0.25, -0.2) is 0 Å². The Hall–Kier alpha value is -1.39. The molecule has 2 nitrogen and oxygen atoms in total. The standard InChI is InChI=1S/C20H25NOS2/c1-15-6-4-7-16(2)20(15)21-19(22)8-5-13-24-14-17-9-11-18(23-3)12-10-17/h4,6-7,9-12H,5,8,13-14H2,1-3H3,(H,21,22). The van der Waals surface area contributed by atoms with E-state index in [1.165, 1.54) is 10.5 Å². The number of amides is 1. The lowest BCUT2D eigenvalue weighted by Crippen LogP contribution is -2.13. The molecule has 0 aromatic heterocycles. The molecule has 1 N–H and O–H groups in total. The molecule has 2 aromatic carbocycles. The van der Waals surface area contributed by atoms with Crippen LogP contribution in [-0.2, 0) is 10.5 Å². The number of carbonyl (C=O) groups is 1. The van der Waals surface area contributed by atoms with Gasteiger partial charge in [0.1, 0.15) is 0 Å². The van der Waals surface area contributed by atoms with Crippen LogP contribution in [0.1, 0.15) is 29.5 Å². The quantitative estimate of drug-likeness (QED) is 0.486. The van der Waals surface area contributed by atoms with Crippen LogP contribution < -0.4 is 5.32 Å². The molecule has 0 aliphatic rings. The van der Waals surface area contributed by atoms with Crippen molar-refractivity contribution in [3.8, 4) is 0 Å². The lowest BCUT2D eigenvalue weighted by Gasteiger charge is -2.11. The number of carbonyl (C=O) groups excluding carboxylic acids is 1. The average Bonchev–Trinajstić information content (AvgIpc) is 2.58. The number of anilines is 1. The minimum absolute atomic E-state index is 0.109. The van der Waals surface area contributed by atoms with E-state index in [0.717, 1.165) is 34.7 Å². The summed E-state index contributed by atoms with van der Waals surface area (Å²) in [6.45, 7) is 4.06. The molecule has 24 heavy (non-hydrogen) atoms. The predicted molar refractivity (Wildman–Crippen MR) is 108 cm³/mol. The van der Waals surface area contributed by atoms with Crippen LogP contribution in [0, 0.1) is 13.8 Å². The van der Waals surface area contributed by atoms with Crippen LogP contribution >= 0.6 is 23.5 Å². The molecular formula is C20H25NOS2. The Labute approximate surface area is 153 Å². The molecule has 1 amide bonds. The molecule has 2 rings (SSSR count). The highest BCUT2D eigenvalue weighted by Crippen LogP contribution is 2.21. The summed E-state index contributed by atoms with van der Waals surface area (Å²) in [5, 5.41) is 3.05. The Morgan fingerprint density at radius 3 is 2.33 bits per heavy atom. The van der Waals surface area contributed by atoms with Crippen molar-refractivity contribution in [2.45, 2.75) is 37.3 Å². The average molecular weight is 360 g/mol. The zero-order valence-electron chi connectivity index (χ0n) is 14.6. The van der Waals surface area contributed by atoms with E-state index in [9.17, 15) is 4.79 Å². The topological polar surface area (TPSA) is 29.1 Å². The second-order valence-electron chi connectivity index (χ2n) is 5.82. The van der Waals surface area contributed by atoms with Gasteiger partial charge in [0.05, 0.1) is 0 Å². The lowest BCUT2D eigenvalue weighted by atomic mass is 10.1. The summed E-state index contributed by atoms with van der Waals surface area (Å²) in [4.78, 5) is 13.4. The second kappa shape index (κ2) is 9.80. The largest absolute Gasteiger partial charge is 0.326 e. The summed E-state index contributed by atoms with van der Waals surface area (Å²) in [6, 6.07) is 14.8. The molecule has 0 bridgehead atoms. The highest BCUT2D eigenvalue weighted by Gasteiger charge is 2.07. The van der Waals surface area contributed by atoms with Crippen LogP contribution in [0.25, 0.3) is 0 Å². The van der Waals surface area contributed by atoms with Gasteiger partial charge >= 0.3 is 0 Å². The van der Waals surface area contributed by atoms with Gasteiger partial charge in [-0.3, -0.25) is 4.79 Å². The van der Waals surface area contributed by atoms with Crippen molar-refractivity contribution in [2.24, 2.45) is 0 Å². The second-order valence-corrected chi connectivity index (χ2v) is 7.80. The maximum absolute atomic E-state index is 12.1. The number of hydrogen-bond donors (Lipinski definition) is 1. The van der Waals surface area contributed by atoms with Gasteiger partial charge < -0.3 is 5.32 Å². The molecule has 0 radical (unpaired) electrons. The van der Waals surface area contributed by atoms with Crippen molar-refractivity contribution < 1.29 is 4.79 Å². The molecule has 0 aliphatic heterocycles. The Bertz CT molecular complexity index is 648. The van der Waals surface area contributed by atoms with Gasteiger partial charge in [-0.1, -0.05) is 30.3 Å². The fourth-order valence-electron chi connectivity index (χ4n) is 2.46. The van der Waals surface area contributed by atoms with Gasteiger partial charge in [-0.2, -0.15) is 11.8 Å². The molecule has 0 atom stereocenters. The van der Waals surface area contributed by atoms with Crippen molar-refractivity contribution in [2.75, 3.05) is 17.3 Å². The fraction of sp³-hybridized carbons (Fsp3) is 0.350. The van der Waals surface area contributed by atoms with E-state index in [-0.39, 0.29) is 5.91 Å². The number of nitrogens with one attached hydrogen (secondary N) is 1. The van der Waals surface area contributed by atoms with E-state index in [4.69, 9.17) is 0 Å². The molecule has 0 saturated heterocycles. The van der Waals surface area contributed by atoms with Gasteiger partial charge in [0.2, 0.25) is 5.91 Å². The van der Waals surface area contributed by atoms with Crippen LogP contribution in [0.3, 0.4) is 0 Å². The molecule has 0 fully saturated rings. The summed E-state index contributed by atoms with van der Waals surface area (Å²) in [7, 11) is 0. The zero-order chi connectivity index (χ0) is 17.4. The van der Waals surface area contributed by atoms with Crippen LogP contribution in [0.5, 0.6) is 0 Å². The molecule has 0 spiro atoms. The first-order valence-corrected chi connectivity index (χ1v) is 10.5. The normalized spacial score (nSPS) is 10.6. The zero-order valence-corrected chi connectivity index (χ0v) is 16.2. The molecular weight excluding hydrogens is 334 g/mol. The maximum atomic E-state index is 12.1. The number of thioether (sulfide) groups is 2. The fourth-order valence-corrected chi connectivity index (χ4v) is 3.79. The molecule has 0 unspecified atom stereocenters. The van der Waals surface area contributed by atoms with Gasteiger partial charge in [-0.05, 0) is 61.1 Å². The third-order valence-electron chi connectivity index (χ3n) is 3.87. The number of benzene rings is 2. The van der Waals surface area contributed by atoms with Crippen molar-refractivity contribution in [3.05, 3.63) is 59.2 Å². The van der Waals surface area contributed by atoms with Crippen molar-refractivity contribution >= 4 is 35.1 Å². The molecule has 128 valence electrons. The monoisotopic (exact) mass is 359 g/mol. The summed E-state index contributed by atoms with van der Waals surface area (Å²) in [6.07, 6.45) is 3.57. The summed E-state index contributed by atoms with van der Waals surface area (Å²) < 4.78 is 0. The van der Waals surface area contributed by atoms with Crippen molar-refractivity contribution in [1.82, 2.24) is 0 Å². The predicted octanol–water partition coefficient (Wildman–Crippen LogP) is 5.68. The number of hydrogen-bond acceptors (Lipinski definition) is 3. The SMILES string of the molecule is CSc1ccc(CSCCCC(=O)Nc2c(C)cccc2C)cc1. The molecule has 4 heteroatoms. The lowest BCUT2D eigenvalue weighted by molar-refractivity contribution is -0.116. The van der Waals surface area contributed by atoms with Gasteiger partial charge in [0, 0.05) is 22.8 Å². The minimum atomic E-state index is 0.109. The van der Waals surface area contributed by atoms with Gasteiger partial charge in [0.25, 0.3) is 0 Å². The number of rotatable bonds is 8. The van der Waals surface area contributed by atoms with Crippen molar-refractivity contribution in [3.63, 3.8) is 0 Å². The van der Waals surface area contributed by atoms with E-state index in [1.54, 1.807) is 11.8 Å². The van der Waals surface area contributed by atoms with Crippen LogP contribution in [0.15, 0.2) is 47.4 Å². The molecule has 0 saturated carbocycles. The van der Waals surface area contributed by atoms with E-state index in [1.807, 2.05) is 43.8 Å². The summed E-state index contributed by atoms with van der Waals surface area (Å²) in [5.74, 6) is 2.12. The smallest absolute Gasteiger partial charge is 0.224 e. The highest BCUT2D eigenvalue weighted by molar-refractivity contribution is 7.98. The van der Waals surface area contributed by atoms with E-state index < -0.39 is 0 Å². The van der Waals surface area contributed by atoms with E-state index in [2.05, 4.69) is 35.8 Å². The maximum Gasteiger partial charge on any atom is 0.224 e. The molecule has 0 aliphatic carbocycles. The molecule has 2 aromatic rings. The summed E-state index contributed by atoms with van der Waals surface area (Å²) >= 11 is 3.65. The first-order valence-electron chi connectivity index (χ1n) is 8.17. The first kappa shape index (κ1) is 18.9. The Balaban J connectivity index is 1.67. The van der Waals surface area contributed by atoms with Crippen LogP contribution in [0.4, 0.5) is 5.69 Å². The van der Waals surface area contributed by atoms with E-state index >= 15 is 0 Å². The highest BCUT2D eigenvalue weighted by atomic mass is 32.2. The first-order chi connectivity index (χ1) is 11.6. The molecule has 0 heterocycles. The van der Waals surface area contributed by atoms with Crippen LogP contribution in [-0.4, -0.2) is 17.9 Å². The van der Waals surface area contributed by atoms with E-state index in [0.29, 0.717) is 6.42 Å². The number of para-hydroxylation sites is 1.